The molecule has 0 unspecified atom stereocenters. The van der Waals surface area contributed by atoms with Crippen LogP contribution in [-0.4, -0.2) is 60.4 Å². The molecule has 0 bridgehead atoms. The molecule has 1 atom stereocenters. The van der Waals surface area contributed by atoms with Crippen LogP contribution >= 0.6 is 11.6 Å². The molecule has 1 aromatic carbocycles. The highest BCUT2D eigenvalue weighted by molar-refractivity contribution is 6.33. The topological polar surface area (TPSA) is 52.7 Å². The van der Waals surface area contributed by atoms with Gasteiger partial charge in [-0.1, -0.05) is 23.7 Å². The Balaban J connectivity index is 1.93. The van der Waals surface area contributed by atoms with E-state index in [-0.39, 0.29) is 17.9 Å². The number of rotatable bonds is 4. The standard InChI is InChI=1S/C16H22ClN3O2/c1-3-18-15(21)12(2)19-8-10-20(11-9-19)16(22)13-6-4-5-7-14(13)17/h4-7,12H,3,8-11H2,1-2H3,(H,18,21)/t12-/m1/s1. The SMILES string of the molecule is CCNC(=O)[C@@H](C)N1CCN(C(=O)c2ccccc2Cl)CC1. The smallest absolute Gasteiger partial charge is 0.255 e. The molecular weight excluding hydrogens is 302 g/mol. The molecule has 1 aliphatic heterocycles. The Labute approximate surface area is 136 Å². The van der Waals surface area contributed by atoms with E-state index >= 15 is 0 Å². The van der Waals surface area contributed by atoms with Crippen molar-refractivity contribution in [1.82, 2.24) is 15.1 Å². The molecular formula is C16H22ClN3O2. The number of amides is 2. The Morgan fingerprint density at radius 2 is 1.86 bits per heavy atom. The van der Waals surface area contributed by atoms with Gasteiger partial charge in [-0.3, -0.25) is 14.5 Å². The first-order valence-electron chi connectivity index (χ1n) is 7.60. The summed E-state index contributed by atoms with van der Waals surface area (Å²) in [5.74, 6) is -0.00991. The fourth-order valence-corrected chi connectivity index (χ4v) is 2.82. The van der Waals surface area contributed by atoms with Crippen LogP contribution < -0.4 is 5.32 Å². The van der Waals surface area contributed by atoms with Gasteiger partial charge in [-0.2, -0.15) is 0 Å². The summed E-state index contributed by atoms with van der Waals surface area (Å²) in [5, 5.41) is 3.31. The lowest BCUT2D eigenvalue weighted by Crippen LogP contribution is -2.55. The van der Waals surface area contributed by atoms with Gasteiger partial charge >= 0.3 is 0 Å². The van der Waals surface area contributed by atoms with Crippen LogP contribution in [0.3, 0.4) is 0 Å². The summed E-state index contributed by atoms with van der Waals surface area (Å²) in [6.07, 6.45) is 0. The van der Waals surface area contributed by atoms with Gasteiger partial charge in [-0.25, -0.2) is 0 Å². The molecule has 22 heavy (non-hydrogen) atoms. The number of hydrogen-bond acceptors (Lipinski definition) is 3. The molecule has 0 aromatic heterocycles. The maximum atomic E-state index is 12.5. The van der Waals surface area contributed by atoms with Crippen molar-refractivity contribution in [1.29, 1.82) is 0 Å². The van der Waals surface area contributed by atoms with Gasteiger partial charge in [0.15, 0.2) is 0 Å². The Hall–Kier alpha value is -1.59. The van der Waals surface area contributed by atoms with Crippen LogP contribution in [0.5, 0.6) is 0 Å². The van der Waals surface area contributed by atoms with Crippen molar-refractivity contribution in [3.05, 3.63) is 34.9 Å². The van der Waals surface area contributed by atoms with E-state index < -0.39 is 0 Å². The Kier molecular flexibility index (Phi) is 5.80. The minimum absolute atomic E-state index is 0.0355. The Morgan fingerprint density at radius 1 is 1.23 bits per heavy atom. The summed E-state index contributed by atoms with van der Waals surface area (Å²) >= 11 is 6.08. The van der Waals surface area contributed by atoms with Gasteiger partial charge in [0.25, 0.3) is 5.91 Å². The highest BCUT2D eigenvalue weighted by atomic mass is 35.5. The number of halogens is 1. The number of nitrogens with one attached hydrogen (secondary N) is 1. The number of benzene rings is 1. The largest absolute Gasteiger partial charge is 0.355 e. The molecule has 0 spiro atoms. The van der Waals surface area contributed by atoms with E-state index in [0.29, 0.717) is 43.3 Å². The van der Waals surface area contributed by atoms with Crippen LogP contribution in [0.25, 0.3) is 0 Å². The molecule has 0 aliphatic carbocycles. The van der Waals surface area contributed by atoms with Crippen molar-refractivity contribution < 1.29 is 9.59 Å². The molecule has 2 amide bonds. The maximum absolute atomic E-state index is 12.5. The van der Waals surface area contributed by atoms with E-state index in [1.54, 1.807) is 17.0 Å². The zero-order valence-electron chi connectivity index (χ0n) is 13.0. The van der Waals surface area contributed by atoms with Gasteiger partial charge < -0.3 is 10.2 Å². The highest BCUT2D eigenvalue weighted by Gasteiger charge is 2.28. The molecule has 1 aliphatic rings. The zero-order chi connectivity index (χ0) is 16.1. The normalized spacial score (nSPS) is 17.1. The van der Waals surface area contributed by atoms with Crippen molar-refractivity contribution in [3.63, 3.8) is 0 Å². The lowest BCUT2D eigenvalue weighted by molar-refractivity contribution is -0.126. The van der Waals surface area contributed by atoms with E-state index in [0.717, 1.165) is 0 Å². The van der Waals surface area contributed by atoms with Crippen molar-refractivity contribution in [3.8, 4) is 0 Å². The van der Waals surface area contributed by atoms with Crippen LogP contribution in [0.4, 0.5) is 0 Å². The first kappa shape index (κ1) is 16.8. The summed E-state index contributed by atoms with van der Waals surface area (Å²) < 4.78 is 0. The maximum Gasteiger partial charge on any atom is 0.255 e. The van der Waals surface area contributed by atoms with Crippen LogP contribution in [-0.2, 0) is 4.79 Å². The molecule has 5 nitrogen and oxygen atoms in total. The molecule has 0 saturated carbocycles. The molecule has 1 N–H and O–H groups in total. The molecule has 2 rings (SSSR count). The van der Waals surface area contributed by atoms with Gasteiger partial charge in [0.1, 0.15) is 0 Å². The van der Waals surface area contributed by atoms with Gasteiger partial charge in [-0.05, 0) is 26.0 Å². The van der Waals surface area contributed by atoms with Gasteiger partial charge in [-0.15, -0.1) is 0 Å². The fraction of sp³-hybridized carbons (Fsp3) is 0.500. The van der Waals surface area contributed by atoms with Gasteiger partial charge in [0.2, 0.25) is 5.91 Å². The van der Waals surface area contributed by atoms with Crippen molar-refractivity contribution in [2.75, 3.05) is 32.7 Å². The van der Waals surface area contributed by atoms with E-state index in [4.69, 9.17) is 11.6 Å². The Morgan fingerprint density at radius 3 is 2.45 bits per heavy atom. The number of nitrogens with zero attached hydrogens (tertiary/aromatic N) is 2. The third-order valence-electron chi connectivity index (χ3n) is 3.98. The van der Waals surface area contributed by atoms with Crippen LogP contribution in [0.1, 0.15) is 24.2 Å². The third kappa shape index (κ3) is 3.78. The van der Waals surface area contributed by atoms with E-state index in [1.807, 2.05) is 26.0 Å². The summed E-state index contributed by atoms with van der Waals surface area (Å²) in [6.45, 7) is 7.03. The Bertz CT molecular complexity index is 542. The lowest BCUT2D eigenvalue weighted by atomic mass is 10.1. The second kappa shape index (κ2) is 7.61. The minimum atomic E-state index is -0.169. The first-order chi connectivity index (χ1) is 10.5. The number of carbonyl (C=O) groups is 2. The van der Waals surface area contributed by atoms with E-state index in [2.05, 4.69) is 10.2 Å². The number of carbonyl (C=O) groups excluding carboxylic acids is 2. The van der Waals surface area contributed by atoms with Crippen LogP contribution in [0.2, 0.25) is 5.02 Å². The average Bonchev–Trinajstić information content (AvgIpc) is 2.54. The number of hydrogen-bond donors (Lipinski definition) is 1. The fourth-order valence-electron chi connectivity index (χ4n) is 2.61. The van der Waals surface area contributed by atoms with E-state index in [9.17, 15) is 9.59 Å². The second-order valence-electron chi connectivity index (χ2n) is 5.38. The molecule has 1 saturated heterocycles. The van der Waals surface area contributed by atoms with Gasteiger partial charge in [0, 0.05) is 32.7 Å². The monoisotopic (exact) mass is 323 g/mol. The van der Waals surface area contributed by atoms with Crippen molar-refractivity contribution in [2.24, 2.45) is 0 Å². The first-order valence-corrected chi connectivity index (χ1v) is 7.98. The minimum Gasteiger partial charge on any atom is -0.355 e. The summed E-state index contributed by atoms with van der Waals surface area (Å²) in [4.78, 5) is 28.2. The quantitative estimate of drug-likeness (QED) is 0.916. The van der Waals surface area contributed by atoms with Gasteiger partial charge in [0.05, 0.1) is 16.6 Å². The zero-order valence-corrected chi connectivity index (χ0v) is 13.8. The molecule has 1 aromatic rings. The van der Waals surface area contributed by atoms with Crippen LogP contribution in [0, 0.1) is 0 Å². The predicted molar refractivity (Wildman–Crippen MR) is 87.1 cm³/mol. The summed E-state index contributed by atoms with van der Waals surface area (Å²) in [7, 11) is 0. The molecule has 1 fully saturated rings. The highest BCUT2D eigenvalue weighted by Crippen LogP contribution is 2.18. The molecule has 1 heterocycles. The summed E-state index contributed by atoms with van der Waals surface area (Å²) in [5.41, 5.74) is 0.536. The summed E-state index contributed by atoms with van der Waals surface area (Å²) in [6, 6.07) is 6.92. The van der Waals surface area contributed by atoms with E-state index in [1.165, 1.54) is 0 Å². The number of likely N-dealkylation sites (N-methyl/N-ethyl adjacent to an activating group) is 1. The average molecular weight is 324 g/mol. The molecule has 0 radical (unpaired) electrons. The predicted octanol–water partition coefficient (Wildman–Crippen LogP) is 1.62. The third-order valence-corrected chi connectivity index (χ3v) is 4.31. The van der Waals surface area contributed by atoms with Crippen LogP contribution in [0.15, 0.2) is 24.3 Å². The van der Waals surface area contributed by atoms with Crippen molar-refractivity contribution >= 4 is 23.4 Å². The van der Waals surface area contributed by atoms with Crippen molar-refractivity contribution in [2.45, 2.75) is 19.9 Å². The molecule has 6 heteroatoms. The molecule has 120 valence electrons. The second-order valence-corrected chi connectivity index (χ2v) is 5.79. The lowest BCUT2D eigenvalue weighted by Gasteiger charge is -2.37. The number of piperazine rings is 1.